The van der Waals surface area contributed by atoms with E-state index in [0.717, 1.165) is 10.5 Å². The maximum absolute atomic E-state index is 11.7. The van der Waals surface area contributed by atoms with Crippen molar-refractivity contribution in [1.82, 2.24) is 4.90 Å². The molecule has 1 aliphatic rings. The van der Waals surface area contributed by atoms with Crippen LogP contribution in [0.1, 0.15) is 40.5 Å². The first-order valence-corrected chi connectivity index (χ1v) is 6.16. The highest BCUT2D eigenvalue weighted by Gasteiger charge is 2.58. The lowest BCUT2D eigenvalue weighted by molar-refractivity contribution is -0.308. The van der Waals surface area contributed by atoms with Crippen molar-refractivity contribution in [2.24, 2.45) is 0 Å². The summed E-state index contributed by atoms with van der Waals surface area (Å²) >= 11 is 0. The van der Waals surface area contributed by atoms with E-state index in [9.17, 15) is 19.8 Å². The quantitative estimate of drug-likeness (QED) is 0.730. The fourth-order valence-electron chi connectivity index (χ4n) is 2.08. The Bertz CT molecular complexity index is 411. The molecular formula is C13H20NO5-. The molecule has 0 spiro atoms. The molecular weight excluding hydrogens is 250 g/mol. The van der Waals surface area contributed by atoms with Gasteiger partial charge in [-0.2, -0.15) is 0 Å². The third kappa shape index (κ3) is 3.07. The van der Waals surface area contributed by atoms with E-state index in [0.29, 0.717) is 12.8 Å². The fourth-order valence-corrected chi connectivity index (χ4v) is 2.08. The maximum atomic E-state index is 11.7. The summed E-state index contributed by atoms with van der Waals surface area (Å²) in [4.78, 5) is 23.1. The van der Waals surface area contributed by atoms with Gasteiger partial charge in [-0.15, -0.1) is 0 Å². The maximum Gasteiger partial charge on any atom is 0.413 e. The Balaban J connectivity index is 2.88. The number of cyclic esters (lactones) is 1. The van der Waals surface area contributed by atoms with Gasteiger partial charge in [-0.25, -0.2) is 4.79 Å². The van der Waals surface area contributed by atoms with Gasteiger partial charge in [-0.3, -0.25) is 4.90 Å². The number of hydrogen-bond donors (Lipinski definition) is 1. The van der Waals surface area contributed by atoms with Gasteiger partial charge in [-0.05, 0) is 40.5 Å². The second kappa shape index (κ2) is 5.21. The van der Waals surface area contributed by atoms with Crippen LogP contribution in [0.4, 0.5) is 4.79 Å². The topological polar surface area (TPSA) is 89.9 Å². The molecule has 0 aromatic heterocycles. The molecule has 0 aromatic carbocycles. The van der Waals surface area contributed by atoms with Crippen LogP contribution in [-0.2, 0) is 9.53 Å². The number of carbonyl (C=O) groups is 2. The van der Waals surface area contributed by atoms with E-state index in [-0.39, 0.29) is 0 Å². The number of ether oxygens (including phenoxy) is 1. The SMILES string of the molecule is CC(C)=CCC[C@@]1(C)OC(=O)N(CC(=O)[O-])[C@]1(C)O. The van der Waals surface area contributed by atoms with Crippen LogP contribution in [0.2, 0.25) is 0 Å². The van der Waals surface area contributed by atoms with Crippen LogP contribution in [0.3, 0.4) is 0 Å². The number of nitrogens with zero attached hydrogens (tertiary/aromatic N) is 1. The summed E-state index contributed by atoms with van der Waals surface area (Å²) in [5.74, 6) is -1.44. The average Bonchev–Trinajstić information content (AvgIpc) is 2.38. The molecule has 6 heteroatoms. The van der Waals surface area contributed by atoms with Gasteiger partial charge in [0.15, 0.2) is 11.3 Å². The Morgan fingerprint density at radius 3 is 2.53 bits per heavy atom. The molecule has 0 aliphatic carbocycles. The van der Waals surface area contributed by atoms with Gasteiger partial charge in [0, 0.05) is 0 Å². The highest BCUT2D eigenvalue weighted by atomic mass is 16.6. The van der Waals surface area contributed by atoms with Crippen LogP contribution in [0.25, 0.3) is 0 Å². The second-order valence-corrected chi connectivity index (χ2v) is 5.40. The Morgan fingerprint density at radius 2 is 2.05 bits per heavy atom. The summed E-state index contributed by atoms with van der Waals surface area (Å²) in [5, 5.41) is 21.0. The standard InChI is InChI=1S/C13H21NO5/c1-9(2)6-5-7-12(3)13(4,18)14(8-10(15)16)11(17)19-12/h6,18H,5,7-8H2,1-4H3,(H,15,16)/p-1/t12-,13-/m1/s1. The van der Waals surface area contributed by atoms with Crippen LogP contribution in [0, 0.1) is 0 Å². The number of aliphatic carboxylic acids is 1. The molecule has 0 aromatic rings. The van der Waals surface area contributed by atoms with E-state index >= 15 is 0 Å². The predicted molar refractivity (Wildman–Crippen MR) is 65.9 cm³/mol. The normalized spacial score (nSPS) is 30.2. The Hall–Kier alpha value is -1.56. The zero-order valence-corrected chi connectivity index (χ0v) is 11.7. The number of rotatable bonds is 5. The molecule has 1 amide bonds. The van der Waals surface area contributed by atoms with E-state index in [4.69, 9.17) is 4.74 Å². The first-order valence-electron chi connectivity index (χ1n) is 6.16. The molecule has 0 bridgehead atoms. The van der Waals surface area contributed by atoms with Gasteiger partial charge in [0.25, 0.3) is 0 Å². The molecule has 0 saturated carbocycles. The molecule has 2 atom stereocenters. The molecule has 108 valence electrons. The van der Waals surface area contributed by atoms with E-state index in [2.05, 4.69) is 0 Å². The Kier molecular flexibility index (Phi) is 4.25. The molecule has 1 saturated heterocycles. The predicted octanol–water partition coefficient (Wildman–Crippen LogP) is 0.402. The lowest BCUT2D eigenvalue weighted by Crippen LogP contribution is -2.57. The van der Waals surface area contributed by atoms with Crippen LogP contribution in [0.15, 0.2) is 11.6 Å². The first kappa shape index (κ1) is 15.5. The van der Waals surface area contributed by atoms with Gasteiger partial charge >= 0.3 is 6.09 Å². The molecule has 1 N–H and O–H groups in total. The molecule has 19 heavy (non-hydrogen) atoms. The molecule has 1 heterocycles. The molecule has 1 rings (SSSR count). The van der Waals surface area contributed by atoms with Crippen molar-refractivity contribution in [2.75, 3.05) is 6.54 Å². The van der Waals surface area contributed by atoms with Crippen LogP contribution < -0.4 is 5.11 Å². The monoisotopic (exact) mass is 270 g/mol. The van der Waals surface area contributed by atoms with Gasteiger partial charge < -0.3 is 19.7 Å². The van der Waals surface area contributed by atoms with E-state index < -0.39 is 29.9 Å². The number of carboxylic acids is 1. The minimum absolute atomic E-state index is 0.403. The zero-order chi connectivity index (χ0) is 14.8. The summed E-state index contributed by atoms with van der Waals surface area (Å²) in [6, 6.07) is 0. The van der Waals surface area contributed by atoms with Gasteiger partial charge in [0.05, 0.1) is 12.5 Å². The highest BCUT2D eigenvalue weighted by molar-refractivity contribution is 5.78. The summed E-state index contributed by atoms with van der Waals surface area (Å²) in [6.45, 7) is 6.18. The molecule has 1 aliphatic heterocycles. The summed E-state index contributed by atoms with van der Waals surface area (Å²) in [5.41, 5.74) is -1.70. The summed E-state index contributed by atoms with van der Waals surface area (Å²) in [6.07, 6.45) is 2.16. The molecule has 6 nitrogen and oxygen atoms in total. The van der Waals surface area contributed by atoms with Gasteiger partial charge in [0.1, 0.15) is 0 Å². The van der Waals surface area contributed by atoms with Crippen molar-refractivity contribution in [3.05, 3.63) is 11.6 Å². The summed E-state index contributed by atoms with van der Waals surface area (Å²) < 4.78 is 5.18. The van der Waals surface area contributed by atoms with Crippen LogP contribution in [-0.4, -0.2) is 39.9 Å². The van der Waals surface area contributed by atoms with Crippen molar-refractivity contribution in [1.29, 1.82) is 0 Å². The average molecular weight is 270 g/mol. The Morgan fingerprint density at radius 1 is 1.47 bits per heavy atom. The lowest BCUT2D eigenvalue weighted by Gasteiger charge is -2.37. The fraction of sp³-hybridized carbons (Fsp3) is 0.692. The molecule has 0 radical (unpaired) electrons. The molecule has 1 fully saturated rings. The van der Waals surface area contributed by atoms with Gasteiger partial charge in [0.2, 0.25) is 0 Å². The van der Waals surface area contributed by atoms with Crippen LogP contribution in [0.5, 0.6) is 0 Å². The van der Waals surface area contributed by atoms with E-state index in [1.54, 1.807) is 6.92 Å². The van der Waals surface area contributed by atoms with E-state index in [1.807, 2.05) is 19.9 Å². The number of hydrogen-bond acceptors (Lipinski definition) is 5. The minimum atomic E-state index is -1.68. The van der Waals surface area contributed by atoms with Crippen molar-refractivity contribution >= 4 is 12.1 Å². The van der Waals surface area contributed by atoms with E-state index in [1.165, 1.54) is 6.92 Å². The third-order valence-electron chi connectivity index (χ3n) is 3.52. The minimum Gasteiger partial charge on any atom is -0.548 e. The molecule has 0 unspecified atom stereocenters. The Labute approximate surface area is 112 Å². The second-order valence-electron chi connectivity index (χ2n) is 5.40. The van der Waals surface area contributed by atoms with Crippen molar-refractivity contribution in [2.45, 2.75) is 51.9 Å². The van der Waals surface area contributed by atoms with Crippen molar-refractivity contribution in [3.63, 3.8) is 0 Å². The third-order valence-corrected chi connectivity index (χ3v) is 3.52. The zero-order valence-electron chi connectivity index (χ0n) is 11.7. The van der Waals surface area contributed by atoms with Crippen LogP contribution >= 0.6 is 0 Å². The summed E-state index contributed by atoms with van der Waals surface area (Å²) in [7, 11) is 0. The number of carboxylic acid groups (broad SMARTS) is 1. The smallest absolute Gasteiger partial charge is 0.413 e. The number of allylic oxidation sites excluding steroid dienone is 2. The largest absolute Gasteiger partial charge is 0.548 e. The lowest BCUT2D eigenvalue weighted by atomic mass is 9.88. The van der Waals surface area contributed by atoms with Gasteiger partial charge in [-0.1, -0.05) is 11.6 Å². The number of carbonyl (C=O) groups excluding carboxylic acids is 2. The first-order chi connectivity index (χ1) is 8.60. The number of amides is 1. The van der Waals surface area contributed by atoms with Crippen molar-refractivity contribution < 1.29 is 24.5 Å². The highest BCUT2D eigenvalue weighted by Crippen LogP contribution is 2.40. The number of aliphatic hydroxyl groups is 1. The van der Waals surface area contributed by atoms with Crippen molar-refractivity contribution in [3.8, 4) is 0 Å².